The van der Waals surface area contributed by atoms with Crippen LogP contribution in [-0.4, -0.2) is 60.4 Å². The van der Waals surface area contributed by atoms with E-state index in [-0.39, 0.29) is 17.9 Å². The molecule has 0 atom stereocenters. The topological polar surface area (TPSA) is 52.7 Å². The van der Waals surface area contributed by atoms with Crippen molar-refractivity contribution in [2.75, 3.05) is 32.7 Å². The molecule has 1 aliphatic carbocycles. The van der Waals surface area contributed by atoms with Gasteiger partial charge >= 0.3 is 0 Å². The maximum Gasteiger partial charge on any atom is 0.264 e. The maximum atomic E-state index is 12.9. The fraction of sp³-hybridized carbons (Fsp3) is 0.700. The van der Waals surface area contributed by atoms with E-state index in [0.717, 1.165) is 30.8 Å². The normalized spacial score (nSPS) is 19.0. The van der Waals surface area contributed by atoms with Crippen molar-refractivity contribution in [3.63, 3.8) is 0 Å². The minimum absolute atomic E-state index is 0.0674. The third-order valence-corrected chi connectivity index (χ3v) is 6.41. The molecule has 5 nitrogen and oxygen atoms in total. The minimum Gasteiger partial charge on any atom is -0.353 e. The zero-order chi connectivity index (χ0) is 18.5. The predicted octanol–water partition coefficient (Wildman–Crippen LogP) is 2.69. The largest absolute Gasteiger partial charge is 0.353 e. The third-order valence-electron chi connectivity index (χ3n) is 5.18. The number of aryl methyl sites for hydroxylation is 2. The van der Waals surface area contributed by atoms with Crippen molar-refractivity contribution in [3.8, 4) is 0 Å². The Bertz CT molecular complexity index is 608. The van der Waals surface area contributed by atoms with Gasteiger partial charge in [-0.05, 0) is 51.2 Å². The summed E-state index contributed by atoms with van der Waals surface area (Å²) in [5.41, 5.74) is 1.40. The Labute approximate surface area is 160 Å². The molecule has 0 radical (unpaired) electrons. The molecule has 0 spiro atoms. The third kappa shape index (κ3) is 5.07. The van der Waals surface area contributed by atoms with Crippen LogP contribution >= 0.6 is 11.3 Å². The van der Waals surface area contributed by atoms with Crippen LogP contribution in [0.1, 0.15) is 59.6 Å². The van der Waals surface area contributed by atoms with E-state index >= 15 is 0 Å². The average Bonchev–Trinajstić information content (AvgIpc) is 2.96. The van der Waals surface area contributed by atoms with Crippen molar-refractivity contribution in [1.29, 1.82) is 0 Å². The standard InChI is InChI=1S/C20H31N3O2S/c1-15(2)21-19(24)14-22-9-11-23(12-10-22)20(25)18-13-16-7-5-3-4-6-8-17(16)26-18/h13,15H,3-12,14H2,1-2H3,(H,21,24). The van der Waals surface area contributed by atoms with E-state index < -0.39 is 0 Å². The van der Waals surface area contributed by atoms with Crippen LogP contribution in [0.2, 0.25) is 0 Å². The summed E-state index contributed by atoms with van der Waals surface area (Å²) in [7, 11) is 0. The quantitative estimate of drug-likeness (QED) is 0.878. The van der Waals surface area contributed by atoms with Gasteiger partial charge in [-0.1, -0.05) is 12.8 Å². The lowest BCUT2D eigenvalue weighted by Gasteiger charge is -2.34. The summed E-state index contributed by atoms with van der Waals surface area (Å²) in [5.74, 6) is 0.242. The van der Waals surface area contributed by atoms with Gasteiger partial charge in [0.05, 0.1) is 11.4 Å². The fourth-order valence-corrected chi connectivity index (χ4v) is 5.01. The maximum absolute atomic E-state index is 12.9. The SMILES string of the molecule is CC(C)NC(=O)CN1CCN(C(=O)c2cc3c(s2)CCCCCC3)CC1. The summed E-state index contributed by atoms with van der Waals surface area (Å²) in [6.45, 7) is 7.31. The summed E-state index contributed by atoms with van der Waals surface area (Å²) < 4.78 is 0. The summed E-state index contributed by atoms with van der Waals surface area (Å²) in [4.78, 5) is 31.2. The monoisotopic (exact) mass is 377 g/mol. The first kappa shape index (κ1) is 19.4. The van der Waals surface area contributed by atoms with Gasteiger partial charge in [0.15, 0.2) is 0 Å². The van der Waals surface area contributed by atoms with Crippen LogP contribution in [0.5, 0.6) is 0 Å². The lowest BCUT2D eigenvalue weighted by molar-refractivity contribution is -0.123. The Hall–Kier alpha value is -1.40. The summed E-state index contributed by atoms with van der Waals surface area (Å²) in [6, 6.07) is 2.32. The number of thiophene rings is 1. The molecule has 1 aliphatic heterocycles. The molecule has 144 valence electrons. The predicted molar refractivity (Wildman–Crippen MR) is 106 cm³/mol. The molecular weight excluding hydrogens is 346 g/mol. The highest BCUT2D eigenvalue weighted by atomic mass is 32.1. The van der Waals surface area contributed by atoms with Gasteiger partial charge in [-0.2, -0.15) is 0 Å². The Morgan fingerprint density at radius 3 is 2.46 bits per heavy atom. The molecule has 6 heteroatoms. The molecule has 3 rings (SSSR count). The van der Waals surface area contributed by atoms with Gasteiger partial charge in [-0.3, -0.25) is 14.5 Å². The van der Waals surface area contributed by atoms with Gasteiger partial charge in [0.2, 0.25) is 5.91 Å². The van der Waals surface area contributed by atoms with Gasteiger partial charge in [0.1, 0.15) is 0 Å². The van der Waals surface area contributed by atoms with Crippen molar-refractivity contribution in [2.24, 2.45) is 0 Å². The molecule has 1 aromatic heterocycles. The number of fused-ring (bicyclic) bond motifs is 1. The molecular formula is C20H31N3O2S. The van der Waals surface area contributed by atoms with Gasteiger partial charge < -0.3 is 10.2 Å². The molecule has 2 amide bonds. The fourth-order valence-electron chi connectivity index (χ4n) is 3.79. The highest BCUT2D eigenvalue weighted by molar-refractivity contribution is 7.14. The molecule has 2 aliphatic rings. The zero-order valence-electron chi connectivity index (χ0n) is 16.1. The Kier molecular flexibility index (Phi) is 6.70. The van der Waals surface area contributed by atoms with Crippen molar-refractivity contribution >= 4 is 23.2 Å². The van der Waals surface area contributed by atoms with Gasteiger partial charge in [-0.15, -0.1) is 11.3 Å². The number of hydrogen-bond donors (Lipinski definition) is 1. The Morgan fingerprint density at radius 2 is 1.77 bits per heavy atom. The molecule has 1 N–H and O–H groups in total. The molecule has 1 aromatic rings. The van der Waals surface area contributed by atoms with Crippen molar-refractivity contribution in [1.82, 2.24) is 15.1 Å². The van der Waals surface area contributed by atoms with Crippen LogP contribution in [-0.2, 0) is 17.6 Å². The van der Waals surface area contributed by atoms with Crippen LogP contribution in [0.15, 0.2) is 6.07 Å². The van der Waals surface area contributed by atoms with Crippen LogP contribution in [0, 0.1) is 0 Å². The number of nitrogens with zero attached hydrogens (tertiary/aromatic N) is 2. The van der Waals surface area contributed by atoms with E-state index in [0.29, 0.717) is 19.6 Å². The van der Waals surface area contributed by atoms with Crippen molar-refractivity contribution < 1.29 is 9.59 Å². The smallest absolute Gasteiger partial charge is 0.264 e. The van der Waals surface area contributed by atoms with E-state index in [2.05, 4.69) is 16.3 Å². The summed E-state index contributed by atoms with van der Waals surface area (Å²) >= 11 is 1.71. The van der Waals surface area contributed by atoms with Crippen molar-refractivity contribution in [3.05, 3.63) is 21.4 Å². The van der Waals surface area contributed by atoms with Crippen LogP contribution < -0.4 is 5.32 Å². The number of hydrogen-bond acceptors (Lipinski definition) is 4. The number of carbonyl (C=O) groups excluding carboxylic acids is 2. The average molecular weight is 378 g/mol. The van der Waals surface area contributed by atoms with Gasteiger partial charge in [0.25, 0.3) is 5.91 Å². The summed E-state index contributed by atoms with van der Waals surface area (Å²) in [6.07, 6.45) is 7.37. The molecule has 0 unspecified atom stereocenters. The van der Waals surface area contributed by atoms with E-state index in [9.17, 15) is 9.59 Å². The molecule has 0 bridgehead atoms. The van der Waals surface area contributed by atoms with Crippen LogP contribution in [0.4, 0.5) is 0 Å². The molecule has 0 aromatic carbocycles. The number of carbonyl (C=O) groups is 2. The number of nitrogens with one attached hydrogen (secondary N) is 1. The molecule has 1 saturated heterocycles. The second-order valence-electron chi connectivity index (χ2n) is 7.76. The first-order valence-corrected chi connectivity index (χ1v) is 10.8. The first-order chi connectivity index (χ1) is 12.5. The molecule has 26 heavy (non-hydrogen) atoms. The van der Waals surface area contributed by atoms with E-state index in [1.54, 1.807) is 11.3 Å². The second kappa shape index (κ2) is 9.00. The van der Waals surface area contributed by atoms with Crippen LogP contribution in [0.25, 0.3) is 0 Å². The van der Waals surface area contributed by atoms with Crippen LogP contribution in [0.3, 0.4) is 0 Å². The van der Waals surface area contributed by atoms with E-state index in [1.807, 2.05) is 18.7 Å². The van der Waals surface area contributed by atoms with E-state index in [4.69, 9.17) is 0 Å². The number of amides is 2. The minimum atomic E-state index is 0.0674. The number of rotatable bonds is 4. The highest BCUT2D eigenvalue weighted by Gasteiger charge is 2.25. The molecule has 0 saturated carbocycles. The van der Waals surface area contributed by atoms with E-state index in [1.165, 1.54) is 36.1 Å². The van der Waals surface area contributed by atoms with Gasteiger partial charge in [0, 0.05) is 37.1 Å². The van der Waals surface area contributed by atoms with Gasteiger partial charge in [-0.25, -0.2) is 0 Å². The lowest BCUT2D eigenvalue weighted by atomic mass is 10.00. The van der Waals surface area contributed by atoms with Crippen molar-refractivity contribution in [2.45, 2.75) is 58.4 Å². The zero-order valence-corrected chi connectivity index (χ0v) is 16.9. The Morgan fingerprint density at radius 1 is 1.08 bits per heavy atom. The second-order valence-corrected chi connectivity index (χ2v) is 8.90. The molecule has 2 heterocycles. The number of piperazine rings is 1. The molecule has 1 fully saturated rings. The Balaban J connectivity index is 1.54. The first-order valence-electron chi connectivity index (χ1n) is 9.95. The highest BCUT2D eigenvalue weighted by Crippen LogP contribution is 2.29. The lowest BCUT2D eigenvalue weighted by Crippen LogP contribution is -2.51. The summed E-state index contributed by atoms with van der Waals surface area (Å²) in [5, 5.41) is 2.93.